The third-order valence-corrected chi connectivity index (χ3v) is 11.7. The summed E-state index contributed by atoms with van der Waals surface area (Å²) in [5.41, 5.74) is -0.663. The van der Waals surface area contributed by atoms with E-state index in [1.165, 1.54) is 12.8 Å². The minimum absolute atomic E-state index is 0.00325. The Balaban J connectivity index is 1.38. The van der Waals surface area contributed by atoms with Gasteiger partial charge in [0.1, 0.15) is 5.60 Å². The van der Waals surface area contributed by atoms with Crippen molar-refractivity contribution < 1.29 is 19.4 Å². The van der Waals surface area contributed by atoms with Crippen LogP contribution in [0.2, 0.25) is 0 Å². The Morgan fingerprint density at radius 2 is 1.45 bits per heavy atom. The van der Waals surface area contributed by atoms with Gasteiger partial charge in [0.15, 0.2) is 0 Å². The van der Waals surface area contributed by atoms with Crippen LogP contribution in [0.15, 0.2) is 0 Å². The van der Waals surface area contributed by atoms with Gasteiger partial charge in [-0.05, 0) is 91.3 Å². The van der Waals surface area contributed by atoms with Crippen molar-refractivity contribution in [3.05, 3.63) is 0 Å². The van der Waals surface area contributed by atoms with Crippen LogP contribution >= 0.6 is 0 Å². The van der Waals surface area contributed by atoms with Crippen LogP contribution in [0, 0.1) is 57.7 Å². The molecule has 4 nitrogen and oxygen atoms in total. The fraction of sp³-hybridized carbons (Fsp3) is 0.931. The van der Waals surface area contributed by atoms with Crippen molar-refractivity contribution in [2.45, 2.75) is 111 Å². The largest absolute Gasteiger partial charge is 0.481 e. The van der Waals surface area contributed by atoms with Gasteiger partial charge in [0, 0.05) is 6.42 Å². The molecule has 6 rings (SSSR count). The number of rotatable bonds is 7. The van der Waals surface area contributed by atoms with Crippen molar-refractivity contribution in [1.82, 2.24) is 0 Å². The molecule has 6 fully saturated rings. The number of carboxylic acids is 1. The summed E-state index contributed by atoms with van der Waals surface area (Å²) in [5, 5.41) is 10.1. The lowest BCUT2D eigenvalue weighted by molar-refractivity contribution is -0.215. The van der Waals surface area contributed by atoms with Gasteiger partial charge < -0.3 is 9.84 Å². The average Bonchev–Trinajstić information content (AvgIpc) is 3.32. The maximum Gasteiger partial charge on any atom is 0.309 e. The highest BCUT2D eigenvalue weighted by Crippen LogP contribution is 2.67. The molecule has 0 spiro atoms. The number of carbonyl (C=O) groups excluding carboxylic acids is 1. The average molecular weight is 459 g/mol. The molecule has 6 bridgehead atoms. The monoisotopic (exact) mass is 458 g/mol. The molecular weight excluding hydrogens is 412 g/mol. The highest BCUT2D eigenvalue weighted by atomic mass is 16.6. The Morgan fingerprint density at radius 1 is 0.879 bits per heavy atom. The zero-order chi connectivity index (χ0) is 24.0. The van der Waals surface area contributed by atoms with Crippen LogP contribution < -0.4 is 0 Å². The van der Waals surface area contributed by atoms with E-state index in [0.29, 0.717) is 47.3 Å². The summed E-state index contributed by atoms with van der Waals surface area (Å²) in [5.74, 6) is 2.42. The highest BCUT2D eigenvalue weighted by Gasteiger charge is 2.65. The highest BCUT2D eigenvalue weighted by molar-refractivity contribution is 5.77. The van der Waals surface area contributed by atoms with Gasteiger partial charge in [-0.25, -0.2) is 0 Å². The lowest BCUT2D eigenvalue weighted by Gasteiger charge is -2.59. The Bertz CT molecular complexity index is 811. The van der Waals surface area contributed by atoms with Crippen LogP contribution in [0.4, 0.5) is 0 Å². The van der Waals surface area contributed by atoms with Crippen LogP contribution in [-0.2, 0) is 14.3 Å². The molecule has 0 radical (unpaired) electrons. The summed E-state index contributed by atoms with van der Waals surface area (Å²) in [4.78, 5) is 26.1. The van der Waals surface area contributed by atoms with Crippen LogP contribution in [-0.4, -0.2) is 22.6 Å². The fourth-order valence-electron chi connectivity index (χ4n) is 10.1. The molecule has 1 N–H and O–H groups in total. The van der Waals surface area contributed by atoms with E-state index in [0.717, 1.165) is 44.9 Å². The third kappa shape index (κ3) is 3.51. The molecule has 7 unspecified atom stereocenters. The van der Waals surface area contributed by atoms with Crippen LogP contribution in [0.5, 0.6) is 0 Å². The maximum atomic E-state index is 13.8. The third-order valence-electron chi connectivity index (χ3n) is 11.7. The van der Waals surface area contributed by atoms with Gasteiger partial charge in [-0.2, -0.15) is 0 Å². The number of ether oxygens (including phenoxy) is 1. The first-order chi connectivity index (χ1) is 15.4. The van der Waals surface area contributed by atoms with E-state index in [1.807, 2.05) is 0 Å². The lowest BCUT2D eigenvalue weighted by atomic mass is 9.48. The zero-order valence-corrected chi connectivity index (χ0v) is 21.8. The topological polar surface area (TPSA) is 63.6 Å². The molecule has 6 aliphatic carbocycles. The molecule has 0 saturated heterocycles. The lowest BCUT2D eigenvalue weighted by Crippen LogP contribution is -2.60. The Hall–Kier alpha value is -1.06. The first-order valence-electron chi connectivity index (χ1n) is 13.8. The van der Waals surface area contributed by atoms with Crippen LogP contribution in [0.1, 0.15) is 106 Å². The minimum Gasteiger partial charge on any atom is -0.481 e. The Labute approximate surface area is 200 Å². The summed E-state index contributed by atoms with van der Waals surface area (Å²) in [6.45, 7) is 14.3. The molecule has 0 aromatic carbocycles. The molecular formula is C29H46O4. The molecule has 0 aliphatic heterocycles. The van der Waals surface area contributed by atoms with Crippen molar-refractivity contribution >= 4 is 11.9 Å². The predicted molar refractivity (Wildman–Crippen MR) is 128 cm³/mol. The number of fused-ring (bicyclic) bond motifs is 2. The van der Waals surface area contributed by atoms with E-state index in [2.05, 4.69) is 41.5 Å². The van der Waals surface area contributed by atoms with Gasteiger partial charge in [-0.3, -0.25) is 9.59 Å². The smallest absolute Gasteiger partial charge is 0.309 e. The second-order valence-corrected chi connectivity index (χ2v) is 14.4. The Kier molecular flexibility index (Phi) is 5.36. The molecule has 7 atom stereocenters. The Morgan fingerprint density at radius 3 is 2.00 bits per heavy atom. The van der Waals surface area contributed by atoms with Gasteiger partial charge in [0.25, 0.3) is 0 Å². The van der Waals surface area contributed by atoms with Crippen molar-refractivity contribution in [1.29, 1.82) is 0 Å². The molecule has 0 heterocycles. The first-order valence-corrected chi connectivity index (χ1v) is 13.8. The van der Waals surface area contributed by atoms with E-state index in [9.17, 15) is 14.7 Å². The maximum absolute atomic E-state index is 13.8. The van der Waals surface area contributed by atoms with Crippen molar-refractivity contribution in [3.8, 4) is 0 Å². The molecule has 4 heteroatoms. The number of hydrogen-bond acceptors (Lipinski definition) is 3. The van der Waals surface area contributed by atoms with E-state index >= 15 is 0 Å². The molecule has 33 heavy (non-hydrogen) atoms. The summed E-state index contributed by atoms with van der Waals surface area (Å²) in [7, 11) is 0. The summed E-state index contributed by atoms with van der Waals surface area (Å²) >= 11 is 0. The van der Waals surface area contributed by atoms with Crippen molar-refractivity contribution in [3.63, 3.8) is 0 Å². The van der Waals surface area contributed by atoms with Gasteiger partial charge in [0.2, 0.25) is 0 Å². The summed E-state index contributed by atoms with van der Waals surface area (Å²) < 4.78 is 6.50. The molecule has 0 aromatic heterocycles. The van der Waals surface area contributed by atoms with Gasteiger partial charge in [-0.15, -0.1) is 0 Å². The second kappa shape index (κ2) is 7.47. The fourth-order valence-corrected chi connectivity index (χ4v) is 10.1. The predicted octanol–water partition coefficient (Wildman–Crippen LogP) is 6.71. The number of carboxylic acid groups (broad SMARTS) is 1. The quantitative estimate of drug-likeness (QED) is 0.430. The SMILES string of the molecule is CCC(C)(C)C1C2CC(C(=O)OC34CC5CC(C3)CC(C(=O)O)(C5)C4)C(C2)C1C(C)(C)CC. The van der Waals surface area contributed by atoms with E-state index < -0.39 is 17.0 Å². The number of carbonyl (C=O) groups is 2. The molecule has 0 amide bonds. The number of esters is 1. The number of aliphatic carboxylic acids is 1. The summed E-state index contributed by atoms with van der Waals surface area (Å²) in [6, 6.07) is 0. The van der Waals surface area contributed by atoms with E-state index in [4.69, 9.17) is 4.74 Å². The zero-order valence-electron chi connectivity index (χ0n) is 21.8. The van der Waals surface area contributed by atoms with Gasteiger partial charge in [0.05, 0.1) is 11.3 Å². The summed E-state index contributed by atoms with van der Waals surface area (Å²) in [6.07, 6.45) is 9.47. The molecule has 6 saturated carbocycles. The van der Waals surface area contributed by atoms with Gasteiger partial charge in [-0.1, -0.05) is 54.4 Å². The second-order valence-electron chi connectivity index (χ2n) is 14.4. The number of hydrogen-bond donors (Lipinski definition) is 1. The molecule has 6 aliphatic rings. The van der Waals surface area contributed by atoms with E-state index in [1.54, 1.807) is 0 Å². The van der Waals surface area contributed by atoms with Crippen LogP contribution in [0.25, 0.3) is 0 Å². The van der Waals surface area contributed by atoms with Crippen LogP contribution in [0.3, 0.4) is 0 Å². The standard InChI is InChI=1S/C29H46O4/c1-7-26(3,4)22-19-10-20(23(22)27(5,6)8-2)21(11-19)24(30)33-29-14-17-9-18(15-29)13-28(12-17,16-29)25(31)32/h17-23H,7-16H2,1-6H3,(H,31,32). The van der Waals surface area contributed by atoms with Crippen molar-refractivity contribution in [2.75, 3.05) is 0 Å². The molecule has 186 valence electrons. The van der Waals surface area contributed by atoms with Gasteiger partial charge >= 0.3 is 11.9 Å². The van der Waals surface area contributed by atoms with E-state index in [-0.39, 0.29) is 17.3 Å². The first kappa shape index (κ1) is 23.7. The van der Waals surface area contributed by atoms with Crippen molar-refractivity contribution in [2.24, 2.45) is 57.7 Å². The molecule has 0 aromatic rings. The normalized spacial score (nSPS) is 46.1. The minimum atomic E-state index is -0.661.